The quantitative estimate of drug-likeness (QED) is 0.494. The van der Waals surface area contributed by atoms with Gasteiger partial charge in [0.25, 0.3) is 0 Å². The van der Waals surface area contributed by atoms with Gasteiger partial charge in [-0.3, -0.25) is 9.69 Å². The van der Waals surface area contributed by atoms with Crippen molar-refractivity contribution in [3.05, 3.63) is 64.7 Å². The number of halogens is 1. The van der Waals surface area contributed by atoms with Gasteiger partial charge in [0.05, 0.1) is 0 Å². The van der Waals surface area contributed by atoms with E-state index in [4.69, 9.17) is 16.3 Å². The number of hydrogen-bond donors (Lipinski definition) is 0. The third-order valence-electron chi connectivity index (χ3n) is 5.94. The molecule has 0 N–H and O–H groups in total. The summed E-state index contributed by atoms with van der Waals surface area (Å²) < 4.78 is 6.39. The van der Waals surface area contributed by atoms with E-state index in [2.05, 4.69) is 30.8 Å². The fourth-order valence-corrected chi connectivity index (χ4v) is 4.12. The van der Waals surface area contributed by atoms with Gasteiger partial charge in [-0.2, -0.15) is 0 Å². The second-order valence-electron chi connectivity index (χ2n) is 8.31. The molecule has 2 aromatic carbocycles. The highest BCUT2D eigenvalue weighted by Crippen LogP contribution is 2.23. The van der Waals surface area contributed by atoms with Gasteiger partial charge in [-0.15, -0.1) is 0 Å². The molecule has 30 heavy (non-hydrogen) atoms. The molecule has 0 spiro atoms. The number of rotatable bonds is 9. The number of carbonyl (C=O) groups excluding carboxylic acids is 1. The molecule has 0 amide bonds. The van der Waals surface area contributed by atoms with Crippen LogP contribution in [0.15, 0.2) is 48.5 Å². The Morgan fingerprint density at radius 1 is 1.07 bits per heavy atom. The van der Waals surface area contributed by atoms with E-state index in [1.54, 1.807) is 24.3 Å². The van der Waals surface area contributed by atoms with E-state index in [0.717, 1.165) is 38.1 Å². The van der Waals surface area contributed by atoms with Crippen LogP contribution in [-0.2, 0) is 0 Å². The average Bonchev–Trinajstić information content (AvgIpc) is 2.77. The first-order valence-electron chi connectivity index (χ1n) is 11.0. The van der Waals surface area contributed by atoms with Crippen LogP contribution in [-0.4, -0.2) is 55.0 Å². The zero-order valence-corrected chi connectivity index (χ0v) is 19.1. The zero-order valence-electron chi connectivity index (χ0n) is 18.3. The third-order valence-corrected chi connectivity index (χ3v) is 6.19. The van der Waals surface area contributed by atoms with Crippen molar-refractivity contribution >= 4 is 17.4 Å². The molecule has 3 rings (SSSR count). The molecule has 5 heteroatoms. The second-order valence-corrected chi connectivity index (χ2v) is 8.74. The molecule has 0 bridgehead atoms. The van der Waals surface area contributed by atoms with Crippen molar-refractivity contribution in [2.75, 3.05) is 27.2 Å². The van der Waals surface area contributed by atoms with Crippen molar-refractivity contribution in [1.29, 1.82) is 0 Å². The predicted octanol–water partition coefficient (Wildman–Crippen LogP) is 5.49. The third kappa shape index (κ3) is 6.07. The number of hydrogen-bond acceptors (Lipinski definition) is 4. The number of unbranched alkanes of at least 4 members (excludes halogenated alkanes) is 1. The molecule has 1 unspecified atom stereocenters. The standard InChI is InChI=1S/C25H33ClN2O2/c1-4-5-6-24(28-17-15-22(16-18-28)27(2)3)30-23-13-9-20(10-14-23)25(29)19-7-11-21(26)12-8-19/h7-14,22,24H,4-6,15-18H2,1-3H3. The summed E-state index contributed by atoms with van der Waals surface area (Å²) in [5, 5.41) is 0.628. The van der Waals surface area contributed by atoms with Gasteiger partial charge in [0.2, 0.25) is 0 Å². The van der Waals surface area contributed by atoms with Gasteiger partial charge in [-0.05, 0) is 88.3 Å². The Kier molecular flexibility index (Phi) is 8.32. The number of benzene rings is 2. The lowest BCUT2D eigenvalue weighted by atomic mass is 10.0. The smallest absolute Gasteiger partial charge is 0.193 e. The van der Waals surface area contributed by atoms with Crippen LogP contribution in [0.1, 0.15) is 54.9 Å². The lowest BCUT2D eigenvalue weighted by molar-refractivity contribution is -0.00851. The molecule has 0 saturated carbocycles. The van der Waals surface area contributed by atoms with Crippen LogP contribution >= 0.6 is 11.6 Å². The van der Waals surface area contributed by atoms with Crippen molar-refractivity contribution in [3.63, 3.8) is 0 Å². The van der Waals surface area contributed by atoms with Crippen LogP contribution in [0, 0.1) is 0 Å². The Morgan fingerprint density at radius 3 is 2.17 bits per heavy atom. The van der Waals surface area contributed by atoms with Crippen molar-refractivity contribution in [2.45, 2.75) is 51.3 Å². The number of carbonyl (C=O) groups is 1. The summed E-state index contributed by atoms with van der Waals surface area (Å²) in [6, 6.07) is 15.2. The Morgan fingerprint density at radius 2 is 1.63 bits per heavy atom. The van der Waals surface area contributed by atoms with Crippen LogP contribution in [0.2, 0.25) is 5.02 Å². The van der Waals surface area contributed by atoms with E-state index in [0.29, 0.717) is 22.2 Å². The zero-order chi connectivity index (χ0) is 21.5. The normalized spacial score (nSPS) is 16.6. The van der Waals surface area contributed by atoms with Gasteiger partial charge in [0, 0.05) is 35.3 Å². The molecule has 162 valence electrons. The molecule has 0 radical (unpaired) electrons. The van der Waals surface area contributed by atoms with E-state index in [9.17, 15) is 4.79 Å². The lowest BCUT2D eigenvalue weighted by Crippen LogP contribution is -2.48. The van der Waals surface area contributed by atoms with Crippen LogP contribution in [0.25, 0.3) is 0 Å². The Hall–Kier alpha value is -1.88. The molecule has 1 atom stereocenters. The second kappa shape index (κ2) is 10.9. The molecule has 2 aromatic rings. The summed E-state index contributed by atoms with van der Waals surface area (Å²) in [4.78, 5) is 17.5. The number of ether oxygens (including phenoxy) is 1. The fraction of sp³-hybridized carbons (Fsp3) is 0.480. The number of likely N-dealkylation sites (tertiary alicyclic amines) is 1. The van der Waals surface area contributed by atoms with Gasteiger partial charge in [0.1, 0.15) is 5.75 Å². The van der Waals surface area contributed by atoms with E-state index >= 15 is 0 Å². The van der Waals surface area contributed by atoms with E-state index < -0.39 is 0 Å². The van der Waals surface area contributed by atoms with Crippen molar-refractivity contribution < 1.29 is 9.53 Å². The van der Waals surface area contributed by atoms with Gasteiger partial charge < -0.3 is 9.64 Å². The lowest BCUT2D eigenvalue weighted by Gasteiger charge is -2.39. The summed E-state index contributed by atoms with van der Waals surface area (Å²) in [5.74, 6) is 0.810. The van der Waals surface area contributed by atoms with Crippen molar-refractivity contribution in [3.8, 4) is 5.75 Å². The first-order valence-corrected chi connectivity index (χ1v) is 11.3. The molecular formula is C25H33ClN2O2. The monoisotopic (exact) mass is 428 g/mol. The summed E-state index contributed by atoms with van der Waals surface area (Å²) in [6.07, 6.45) is 5.76. The van der Waals surface area contributed by atoms with Crippen molar-refractivity contribution in [2.24, 2.45) is 0 Å². The van der Waals surface area contributed by atoms with Crippen LogP contribution in [0.5, 0.6) is 5.75 Å². The summed E-state index contributed by atoms with van der Waals surface area (Å²) in [6.45, 7) is 4.33. The highest BCUT2D eigenvalue weighted by atomic mass is 35.5. The highest BCUT2D eigenvalue weighted by Gasteiger charge is 2.27. The fourth-order valence-electron chi connectivity index (χ4n) is 3.99. The molecule has 0 aromatic heterocycles. The van der Waals surface area contributed by atoms with Crippen LogP contribution < -0.4 is 4.74 Å². The minimum Gasteiger partial charge on any atom is -0.475 e. The molecule has 1 saturated heterocycles. The largest absolute Gasteiger partial charge is 0.475 e. The molecular weight excluding hydrogens is 396 g/mol. The van der Waals surface area contributed by atoms with Crippen molar-refractivity contribution in [1.82, 2.24) is 9.80 Å². The van der Waals surface area contributed by atoms with Gasteiger partial charge in [-0.1, -0.05) is 24.9 Å². The summed E-state index contributed by atoms with van der Waals surface area (Å²) in [5.41, 5.74) is 1.29. The van der Waals surface area contributed by atoms with Gasteiger partial charge in [0.15, 0.2) is 12.0 Å². The molecule has 1 fully saturated rings. The summed E-state index contributed by atoms with van der Waals surface area (Å²) in [7, 11) is 4.33. The van der Waals surface area contributed by atoms with Crippen LogP contribution in [0.4, 0.5) is 0 Å². The Labute approximate surface area is 185 Å². The molecule has 4 nitrogen and oxygen atoms in total. The molecule has 0 aliphatic carbocycles. The van der Waals surface area contributed by atoms with Gasteiger partial charge in [-0.25, -0.2) is 0 Å². The first-order chi connectivity index (χ1) is 14.5. The maximum Gasteiger partial charge on any atom is 0.193 e. The minimum atomic E-state index is -0.00786. The topological polar surface area (TPSA) is 32.8 Å². The number of nitrogens with zero attached hydrogens (tertiary/aromatic N) is 2. The van der Waals surface area contributed by atoms with E-state index in [1.165, 1.54) is 12.8 Å². The van der Waals surface area contributed by atoms with Crippen LogP contribution in [0.3, 0.4) is 0 Å². The SMILES string of the molecule is CCCCC(Oc1ccc(C(=O)c2ccc(Cl)cc2)cc1)N1CCC(N(C)C)CC1. The Bertz CT molecular complexity index is 797. The Balaban J connectivity index is 1.64. The molecule has 1 aliphatic rings. The number of ketones is 1. The van der Waals surface area contributed by atoms with Gasteiger partial charge >= 0.3 is 0 Å². The minimum absolute atomic E-state index is 0.00786. The predicted molar refractivity (Wildman–Crippen MR) is 124 cm³/mol. The molecule has 1 aliphatic heterocycles. The van der Waals surface area contributed by atoms with E-state index in [1.807, 2.05) is 24.3 Å². The maximum absolute atomic E-state index is 12.7. The number of piperidine rings is 1. The highest BCUT2D eigenvalue weighted by molar-refractivity contribution is 6.30. The average molecular weight is 429 g/mol. The maximum atomic E-state index is 12.7. The molecule has 1 heterocycles. The first kappa shape index (κ1) is 22.8. The van der Waals surface area contributed by atoms with E-state index in [-0.39, 0.29) is 12.0 Å². The summed E-state index contributed by atoms with van der Waals surface area (Å²) >= 11 is 5.92.